The fourth-order valence-corrected chi connectivity index (χ4v) is 5.93. The molecule has 7 nitrogen and oxygen atoms in total. The Morgan fingerprint density at radius 1 is 1.03 bits per heavy atom. The highest BCUT2D eigenvalue weighted by Crippen LogP contribution is 2.29. The van der Waals surface area contributed by atoms with Crippen LogP contribution < -0.4 is 5.32 Å². The van der Waals surface area contributed by atoms with Gasteiger partial charge in [-0.1, -0.05) is 30.3 Å². The molecule has 0 spiro atoms. The summed E-state index contributed by atoms with van der Waals surface area (Å²) >= 11 is 0. The number of carbonyl (C=O) groups is 1. The van der Waals surface area contributed by atoms with Crippen LogP contribution in [0.25, 0.3) is 5.69 Å². The van der Waals surface area contributed by atoms with Crippen molar-refractivity contribution in [3.05, 3.63) is 71.8 Å². The van der Waals surface area contributed by atoms with Crippen molar-refractivity contribution in [3.63, 3.8) is 0 Å². The summed E-state index contributed by atoms with van der Waals surface area (Å²) < 4.78 is 43.7. The Hall–Kier alpha value is -3.04. The van der Waals surface area contributed by atoms with Crippen molar-refractivity contribution in [2.24, 2.45) is 5.92 Å². The van der Waals surface area contributed by atoms with E-state index in [-0.39, 0.29) is 35.5 Å². The third-order valence-corrected chi connectivity index (χ3v) is 7.93. The highest BCUT2D eigenvalue weighted by Gasteiger charge is 2.35. The molecule has 9 heteroatoms. The van der Waals surface area contributed by atoms with Crippen LogP contribution in [0.1, 0.15) is 24.2 Å². The fourth-order valence-electron chi connectivity index (χ4n) is 4.11. The topological polar surface area (TPSA) is 84.3 Å². The number of benzene rings is 2. The van der Waals surface area contributed by atoms with Crippen LogP contribution in [0.3, 0.4) is 0 Å². The molecule has 3 aromatic rings. The third-order valence-electron chi connectivity index (χ3n) is 5.78. The van der Waals surface area contributed by atoms with Gasteiger partial charge in [0.15, 0.2) is 0 Å². The molecule has 1 aliphatic rings. The van der Waals surface area contributed by atoms with Crippen molar-refractivity contribution in [1.29, 1.82) is 0 Å². The van der Waals surface area contributed by atoms with E-state index in [0.29, 0.717) is 24.2 Å². The van der Waals surface area contributed by atoms with E-state index in [0.717, 1.165) is 5.69 Å². The number of nitrogens with one attached hydrogen (secondary N) is 1. The van der Waals surface area contributed by atoms with Gasteiger partial charge in [-0.05, 0) is 51.0 Å². The summed E-state index contributed by atoms with van der Waals surface area (Å²) in [7, 11) is -3.77. The maximum absolute atomic E-state index is 13.8. The smallest absolute Gasteiger partial charge is 0.246 e. The molecule has 1 fully saturated rings. The second-order valence-electron chi connectivity index (χ2n) is 7.89. The predicted octanol–water partition coefficient (Wildman–Crippen LogP) is 3.67. The number of carbonyl (C=O) groups excluding carboxylic acids is 1. The Morgan fingerprint density at radius 2 is 1.66 bits per heavy atom. The Kier molecular flexibility index (Phi) is 6.12. The van der Waals surface area contributed by atoms with Gasteiger partial charge in [-0.3, -0.25) is 4.79 Å². The summed E-state index contributed by atoms with van der Waals surface area (Å²) in [5, 5.41) is 7.06. The highest BCUT2D eigenvalue weighted by molar-refractivity contribution is 7.89. The number of anilines is 1. The number of rotatable bonds is 5. The zero-order valence-corrected chi connectivity index (χ0v) is 18.8. The third kappa shape index (κ3) is 4.18. The number of aryl methyl sites for hydroxylation is 1. The molecular weight excluding hydrogens is 431 g/mol. The van der Waals surface area contributed by atoms with E-state index in [1.54, 1.807) is 30.7 Å². The van der Waals surface area contributed by atoms with Crippen LogP contribution in [0.5, 0.6) is 0 Å². The van der Waals surface area contributed by atoms with Gasteiger partial charge in [0.1, 0.15) is 10.7 Å². The highest BCUT2D eigenvalue weighted by atomic mass is 32.2. The van der Waals surface area contributed by atoms with E-state index in [1.807, 2.05) is 30.3 Å². The van der Waals surface area contributed by atoms with Crippen LogP contribution >= 0.6 is 0 Å². The molecule has 0 aliphatic carbocycles. The molecule has 2 aromatic carbocycles. The lowest BCUT2D eigenvalue weighted by Crippen LogP contribution is -2.41. The lowest BCUT2D eigenvalue weighted by atomic mass is 9.97. The van der Waals surface area contributed by atoms with Gasteiger partial charge in [-0.15, -0.1) is 0 Å². The minimum absolute atomic E-state index is 0.132. The summed E-state index contributed by atoms with van der Waals surface area (Å²) in [5.41, 5.74) is 1.91. The number of para-hydroxylation sites is 2. The van der Waals surface area contributed by atoms with Crippen molar-refractivity contribution in [2.45, 2.75) is 31.6 Å². The first-order valence-electron chi connectivity index (χ1n) is 10.5. The molecule has 1 N–H and O–H groups in total. The maximum Gasteiger partial charge on any atom is 0.246 e. The Bertz CT molecular complexity index is 1230. The first kappa shape index (κ1) is 22.2. The van der Waals surface area contributed by atoms with Crippen LogP contribution in [0.4, 0.5) is 10.1 Å². The van der Waals surface area contributed by atoms with Gasteiger partial charge >= 0.3 is 0 Å². The molecular formula is C23H25FN4O3S. The standard InChI is InChI=1S/C23H25FN4O3S/c1-16-22(17(2)28(26-16)19-8-4-3-5-9-19)32(30,31)27-14-12-18(13-15-27)23(29)25-21-11-7-6-10-20(21)24/h3-11,18H,12-15H2,1-2H3,(H,25,29). The second-order valence-corrected chi connectivity index (χ2v) is 9.77. The van der Waals surface area contributed by atoms with Gasteiger partial charge in [0, 0.05) is 19.0 Å². The van der Waals surface area contributed by atoms with Gasteiger partial charge in [0.25, 0.3) is 0 Å². The average Bonchev–Trinajstić information content (AvgIpc) is 3.10. The molecule has 2 heterocycles. The number of halogens is 1. The molecule has 0 saturated carbocycles. The first-order valence-corrected chi connectivity index (χ1v) is 11.9. The molecule has 1 aliphatic heterocycles. The summed E-state index contributed by atoms with van der Waals surface area (Å²) in [6.07, 6.45) is 0.731. The lowest BCUT2D eigenvalue weighted by molar-refractivity contribution is -0.120. The summed E-state index contributed by atoms with van der Waals surface area (Å²) in [5.74, 6) is -1.17. The molecule has 4 rings (SSSR count). The number of piperidine rings is 1. The minimum atomic E-state index is -3.77. The number of nitrogens with zero attached hydrogens (tertiary/aromatic N) is 3. The normalized spacial score (nSPS) is 15.6. The quantitative estimate of drug-likeness (QED) is 0.635. The minimum Gasteiger partial charge on any atom is -0.323 e. The first-order chi connectivity index (χ1) is 15.3. The van der Waals surface area contributed by atoms with Gasteiger partial charge < -0.3 is 5.32 Å². The lowest BCUT2D eigenvalue weighted by Gasteiger charge is -2.30. The zero-order chi connectivity index (χ0) is 22.9. The van der Waals surface area contributed by atoms with Crippen molar-refractivity contribution < 1.29 is 17.6 Å². The maximum atomic E-state index is 13.8. The summed E-state index contributed by atoms with van der Waals surface area (Å²) in [6.45, 7) is 3.86. The Balaban J connectivity index is 1.48. The molecule has 0 unspecified atom stereocenters. The van der Waals surface area contributed by atoms with E-state index in [4.69, 9.17) is 0 Å². The number of amides is 1. The van der Waals surface area contributed by atoms with Crippen molar-refractivity contribution in [3.8, 4) is 5.69 Å². The summed E-state index contributed by atoms with van der Waals surface area (Å²) in [6, 6.07) is 15.4. The molecule has 1 aromatic heterocycles. The van der Waals surface area contributed by atoms with E-state index in [9.17, 15) is 17.6 Å². The van der Waals surface area contributed by atoms with E-state index in [2.05, 4.69) is 10.4 Å². The second kappa shape index (κ2) is 8.84. The Morgan fingerprint density at radius 3 is 2.31 bits per heavy atom. The SMILES string of the molecule is Cc1nn(-c2ccccc2)c(C)c1S(=O)(=O)N1CCC(C(=O)Nc2ccccc2F)CC1. The zero-order valence-electron chi connectivity index (χ0n) is 18.0. The molecule has 168 valence electrons. The van der Waals surface area contributed by atoms with Crippen LogP contribution in [0.2, 0.25) is 0 Å². The van der Waals surface area contributed by atoms with E-state index in [1.165, 1.54) is 16.4 Å². The predicted molar refractivity (Wildman–Crippen MR) is 120 cm³/mol. The van der Waals surface area contributed by atoms with Crippen LogP contribution in [0, 0.1) is 25.6 Å². The van der Waals surface area contributed by atoms with Gasteiger partial charge in [0.2, 0.25) is 15.9 Å². The summed E-state index contributed by atoms with van der Waals surface area (Å²) in [4.78, 5) is 12.8. The molecule has 0 bridgehead atoms. The van der Waals surface area contributed by atoms with Crippen molar-refractivity contribution in [1.82, 2.24) is 14.1 Å². The molecule has 0 radical (unpaired) electrons. The van der Waals surface area contributed by atoms with Crippen molar-refractivity contribution >= 4 is 21.6 Å². The molecule has 32 heavy (non-hydrogen) atoms. The van der Waals surface area contributed by atoms with Gasteiger partial charge in [0.05, 0.1) is 22.8 Å². The molecule has 0 atom stereocenters. The van der Waals surface area contributed by atoms with Crippen LogP contribution in [-0.2, 0) is 14.8 Å². The molecule has 1 amide bonds. The largest absolute Gasteiger partial charge is 0.323 e. The van der Waals surface area contributed by atoms with Gasteiger partial charge in [-0.25, -0.2) is 17.5 Å². The monoisotopic (exact) mass is 456 g/mol. The van der Waals surface area contributed by atoms with E-state index >= 15 is 0 Å². The number of sulfonamides is 1. The number of hydrogen-bond acceptors (Lipinski definition) is 4. The van der Waals surface area contributed by atoms with Gasteiger partial charge in [-0.2, -0.15) is 9.40 Å². The van der Waals surface area contributed by atoms with Crippen LogP contribution in [0.15, 0.2) is 59.5 Å². The average molecular weight is 457 g/mol. The Labute approximate surface area is 186 Å². The van der Waals surface area contributed by atoms with E-state index < -0.39 is 15.8 Å². The number of hydrogen-bond donors (Lipinski definition) is 1. The fraction of sp³-hybridized carbons (Fsp3) is 0.304. The van der Waals surface area contributed by atoms with Crippen molar-refractivity contribution in [2.75, 3.05) is 18.4 Å². The van der Waals surface area contributed by atoms with Crippen LogP contribution in [-0.4, -0.2) is 41.5 Å². The molecule has 1 saturated heterocycles. The number of aromatic nitrogens is 2.